The Balaban J connectivity index is 2.33. The topological polar surface area (TPSA) is 47.6 Å². The molecule has 0 aliphatic heterocycles. The second kappa shape index (κ2) is 7.79. The van der Waals surface area contributed by atoms with E-state index in [1.807, 2.05) is 6.92 Å². The van der Waals surface area contributed by atoms with Crippen LogP contribution in [0.3, 0.4) is 0 Å². The largest absolute Gasteiger partial charge is 0.382 e. The molecule has 0 saturated heterocycles. The number of rotatable bonds is 7. The van der Waals surface area contributed by atoms with Gasteiger partial charge in [-0.1, -0.05) is 12.1 Å². The van der Waals surface area contributed by atoms with Crippen LogP contribution in [0.2, 0.25) is 0 Å². The van der Waals surface area contributed by atoms with E-state index in [1.54, 1.807) is 19.2 Å². The molecule has 18 heavy (non-hydrogen) atoms. The Bertz CT molecular complexity index is 367. The fraction of sp³-hybridized carbons (Fsp3) is 0.462. The second-order valence-electron chi connectivity index (χ2n) is 3.89. The summed E-state index contributed by atoms with van der Waals surface area (Å²) in [6.45, 7) is 2.67. The van der Waals surface area contributed by atoms with Crippen molar-refractivity contribution in [1.29, 1.82) is 0 Å². The summed E-state index contributed by atoms with van der Waals surface area (Å²) in [6, 6.07) is 5.85. The minimum Gasteiger partial charge on any atom is -0.382 e. The fourth-order valence-corrected chi connectivity index (χ4v) is 1.43. The first-order valence-electron chi connectivity index (χ1n) is 5.75. The van der Waals surface area contributed by atoms with Crippen LogP contribution in [0.4, 0.5) is 4.39 Å². The number of benzene rings is 1. The molecule has 1 aromatic rings. The minimum atomic E-state index is -0.292. The molecule has 4 nitrogen and oxygen atoms in total. The summed E-state index contributed by atoms with van der Waals surface area (Å²) < 4.78 is 22.6. The molecule has 5 heteroatoms. The third kappa shape index (κ3) is 5.25. The molecule has 0 aromatic heterocycles. The van der Waals surface area contributed by atoms with Gasteiger partial charge in [-0.25, -0.2) is 4.39 Å². The number of carbonyl (C=O) groups excluding carboxylic acids is 1. The highest BCUT2D eigenvalue weighted by Gasteiger charge is 2.09. The SMILES string of the molecule is COCCOCC(=O)NC(C)c1ccc(F)cc1. The van der Waals surface area contributed by atoms with E-state index in [4.69, 9.17) is 9.47 Å². The summed E-state index contributed by atoms with van der Waals surface area (Å²) >= 11 is 0. The van der Waals surface area contributed by atoms with Gasteiger partial charge in [0.25, 0.3) is 0 Å². The predicted octanol–water partition coefficient (Wildman–Crippen LogP) is 1.67. The number of hydrogen-bond donors (Lipinski definition) is 1. The summed E-state index contributed by atoms with van der Waals surface area (Å²) in [5.41, 5.74) is 0.849. The van der Waals surface area contributed by atoms with Gasteiger partial charge in [0, 0.05) is 7.11 Å². The van der Waals surface area contributed by atoms with Gasteiger partial charge in [-0.15, -0.1) is 0 Å². The monoisotopic (exact) mass is 255 g/mol. The lowest BCUT2D eigenvalue weighted by Gasteiger charge is -2.14. The van der Waals surface area contributed by atoms with Gasteiger partial charge in [0.15, 0.2) is 0 Å². The smallest absolute Gasteiger partial charge is 0.246 e. The summed E-state index contributed by atoms with van der Waals surface area (Å²) in [7, 11) is 1.57. The molecule has 1 atom stereocenters. The maximum absolute atomic E-state index is 12.7. The Labute approximate surface area is 106 Å². The number of ether oxygens (including phenoxy) is 2. The summed E-state index contributed by atoms with van der Waals surface area (Å²) in [4.78, 5) is 11.5. The van der Waals surface area contributed by atoms with E-state index in [9.17, 15) is 9.18 Å². The van der Waals surface area contributed by atoms with E-state index in [2.05, 4.69) is 5.32 Å². The molecule has 0 bridgehead atoms. The van der Waals surface area contributed by atoms with Gasteiger partial charge in [0.05, 0.1) is 19.3 Å². The van der Waals surface area contributed by atoms with E-state index in [-0.39, 0.29) is 24.4 Å². The lowest BCUT2D eigenvalue weighted by Crippen LogP contribution is -2.30. The van der Waals surface area contributed by atoms with Crippen LogP contribution in [0.5, 0.6) is 0 Å². The Kier molecular flexibility index (Phi) is 6.32. The van der Waals surface area contributed by atoms with Crippen molar-refractivity contribution < 1.29 is 18.7 Å². The van der Waals surface area contributed by atoms with Crippen LogP contribution < -0.4 is 5.32 Å². The number of hydrogen-bond acceptors (Lipinski definition) is 3. The Hall–Kier alpha value is -1.46. The normalized spacial score (nSPS) is 12.2. The predicted molar refractivity (Wildman–Crippen MR) is 65.7 cm³/mol. The third-order valence-electron chi connectivity index (χ3n) is 2.41. The van der Waals surface area contributed by atoms with Crippen molar-refractivity contribution >= 4 is 5.91 Å². The first-order valence-corrected chi connectivity index (χ1v) is 5.75. The van der Waals surface area contributed by atoms with Crippen LogP contribution in [-0.4, -0.2) is 32.8 Å². The summed E-state index contributed by atoms with van der Waals surface area (Å²) in [5.74, 6) is -0.497. The van der Waals surface area contributed by atoms with Crippen molar-refractivity contribution in [2.75, 3.05) is 26.9 Å². The van der Waals surface area contributed by atoms with E-state index >= 15 is 0 Å². The number of methoxy groups -OCH3 is 1. The van der Waals surface area contributed by atoms with Crippen molar-refractivity contribution in [2.24, 2.45) is 0 Å². The number of carbonyl (C=O) groups is 1. The van der Waals surface area contributed by atoms with Crippen LogP contribution in [0, 0.1) is 5.82 Å². The third-order valence-corrected chi connectivity index (χ3v) is 2.41. The molecule has 0 radical (unpaired) electrons. The van der Waals surface area contributed by atoms with Crippen molar-refractivity contribution in [1.82, 2.24) is 5.32 Å². The lowest BCUT2D eigenvalue weighted by molar-refractivity contribution is -0.126. The van der Waals surface area contributed by atoms with Crippen LogP contribution in [-0.2, 0) is 14.3 Å². The molecule has 0 aliphatic carbocycles. The van der Waals surface area contributed by atoms with Gasteiger partial charge < -0.3 is 14.8 Å². The molecule has 1 N–H and O–H groups in total. The second-order valence-corrected chi connectivity index (χ2v) is 3.89. The molecule has 1 unspecified atom stereocenters. The summed E-state index contributed by atoms with van der Waals surface area (Å²) in [5, 5.41) is 2.77. The van der Waals surface area contributed by atoms with Crippen LogP contribution >= 0.6 is 0 Å². The molecule has 1 rings (SSSR count). The van der Waals surface area contributed by atoms with Crippen molar-refractivity contribution in [3.63, 3.8) is 0 Å². The Morgan fingerprint density at radius 2 is 2.00 bits per heavy atom. The first-order chi connectivity index (χ1) is 8.63. The van der Waals surface area contributed by atoms with Gasteiger partial charge in [-0.3, -0.25) is 4.79 Å². The molecule has 0 aliphatic rings. The van der Waals surface area contributed by atoms with Gasteiger partial charge in [0.2, 0.25) is 5.91 Å². The van der Waals surface area contributed by atoms with Crippen LogP contribution in [0.25, 0.3) is 0 Å². The maximum atomic E-state index is 12.7. The average molecular weight is 255 g/mol. The van der Waals surface area contributed by atoms with Gasteiger partial charge in [0.1, 0.15) is 12.4 Å². The van der Waals surface area contributed by atoms with E-state index < -0.39 is 0 Å². The quantitative estimate of drug-likeness (QED) is 0.754. The average Bonchev–Trinajstić information content (AvgIpc) is 2.35. The highest BCUT2D eigenvalue weighted by atomic mass is 19.1. The zero-order valence-corrected chi connectivity index (χ0v) is 10.6. The molecule has 0 fully saturated rings. The van der Waals surface area contributed by atoms with E-state index in [0.717, 1.165) is 5.56 Å². The molecule has 0 spiro atoms. The molecular weight excluding hydrogens is 237 g/mol. The molecule has 0 saturated carbocycles. The van der Waals surface area contributed by atoms with Crippen molar-refractivity contribution in [3.05, 3.63) is 35.6 Å². The van der Waals surface area contributed by atoms with Gasteiger partial charge >= 0.3 is 0 Å². The van der Waals surface area contributed by atoms with E-state index in [0.29, 0.717) is 13.2 Å². The van der Waals surface area contributed by atoms with Crippen molar-refractivity contribution in [3.8, 4) is 0 Å². The van der Waals surface area contributed by atoms with Gasteiger partial charge in [-0.05, 0) is 24.6 Å². The number of halogens is 1. The van der Waals surface area contributed by atoms with Gasteiger partial charge in [-0.2, -0.15) is 0 Å². The molecule has 1 aromatic carbocycles. The number of amides is 1. The highest BCUT2D eigenvalue weighted by molar-refractivity contribution is 5.77. The summed E-state index contributed by atoms with van der Waals surface area (Å²) in [6.07, 6.45) is 0. The van der Waals surface area contributed by atoms with Crippen LogP contribution in [0.15, 0.2) is 24.3 Å². The van der Waals surface area contributed by atoms with Crippen LogP contribution in [0.1, 0.15) is 18.5 Å². The maximum Gasteiger partial charge on any atom is 0.246 e. The molecule has 100 valence electrons. The molecular formula is C13H18FNO3. The van der Waals surface area contributed by atoms with E-state index in [1.165, 1.54) is 12.1 Å². The molecule has 1 amide bonds. The lowest BCUT2D eigenvalue weighted by atomic mass is 10.1. The minimum absolute atomic E-state index is 0.00506. The zero-order chi connectivity index (χ0) is 13.4. The molecule has 0 heterocycles. The zero-order valence-electron chi connectivity index (χ0n) is 10.6. The highest BCUT2D eigenvalue weighted by Crippen LogP contribution is 2.12. The Morgan fingerprint density at radius 1 is 1.33 bits per heavy atom. The number of nitrogens with one attached hydrogen (secondary N) is 1. The van der Waals surface area contributed by atoms with Crippen molar-refractivity contribution in [2.45, 2.75) is 13.0 Å². The fourth-order valence-electron chi connectivity index (χ4n) is 1.43. The first kappa shape index (κ1) is 14.6. The standard InChI is InChI=1S/C13H18FNO3/c1-10(11-3-5-12(14)6-4-11)15-13(16)9-18-8-7-17-2/h3-6,10H,7-9H2,1-2H3,(H,15,16). The Morgan fingerprint density at radius 3 is 2.61 bits per heavy atom.